The maximum atomic E-state index is 10.3. The highest BCUT2D eigenvalue weighted by Crippen LogP contribution is 1.92. The fourth-order valence-electron chi connectivity index (χ4n) is 0.532. The summed E-state index contributed by atoms with van der Waals surface area (Å²) in [4.78, 5) is 20.3. The molecule has 11 heavy (non-hydrogen) atoms. The summed E-state index contributed by atoms with van der Waals surface area (Å²) >= 11 is 3.71. The van der Waals surface area contributed by atoms with Gasteiger partial charge in [-0.25, -0.2) is 0 Å². The lowest BCUT2D eigenvalue weighted by Gasteiger charge is -2.08. The van der Waals surface area contributed by atoms with Gasteiger partial charge in [0.15, 0.2) is 0 Å². The summed E-state index contributed by atoms with van der Waals surface area (Å²) in [6.45, 7) is 0. The van der Waals surface area contributed by atoms with E-state index in [4.69, 9.17) is 10.2 Å². The van der Waals surface area contributed by atoms with Gasteiger partial charge in [0.2, 0.25) is 0 Å². The maximum Gasteiger partial charge on any atom is 0.321 e. The Morgan fingerprint density at radius 2 is 2.00 bits per heavy atom. The predicted molar refractivity (Wildman–Crippen MR) is 40.7 cm³/mol. The lowest BCUT2D eigenvalue weighted by atomic mass is 10.2. The van der Waals surface area contributed by atoms with E-state index in [-0.39, 0.29) is 5.88 Å². The molecule has 3 N–H and O–H groups in total. The van der Waals surface area contributed by atoms with E-state index < -0.39 is 24.4 Å². The molecule has 0 heterocycles. The molecule has 6 heteroatoms. The highest BCUT2D eigenvalue weighted by molar-refractivity contribution is 7.80. The minimum absolute atomic E-state index is 0.143. The molecule has 0 aliphatic rings. The van der Waals surface area contributed by atoms with E-state index >= 15 is 0 Å². The van der Waals surface area contributed by atoms with Crippen molar-refractivity contribution in [3.63, 3.8) is 0 Å². The summed E-state index contributed by atoms with van der Waals surface area (Å²) in [6, 6.07) is -1.05. The monoisotopic (exact) mass is 179 g/mol. The zero-order valence-corrected chi connectivity index (χ0v) is 6.54. The average Bonchev–Trinajstić information content (AvgIpc) is 1.86. The molecule has 0 saturated heterocycles. The van der Waals surface area contributed by atoms with Crippen molar-refractivity contribution in [2.75, 3.05) is 5.88 Å². The smallest absolute Gasteiger partial charge is 0.321 e. The van der Waals surface area contributed by atoms with Crippen molar-refractivity contribution in [2.45, 2.75) is 12.5 Å². The number of carbonyl (C=O) groups is 2. The lowest BCUT2D eigenvalue weighted by molar-refractivity contribution is -0.145. The predicted octanol–water partition coefficient (Wildman–Crippen LogP) is -0.609. The van der Waals surface area contributed by atoms with Crippen LogP contribution in [0.25, 0.3) is 0 Å². The van der Waals surface area contributed by atoms with Gasteiger partial charge in [-0.2, -0.15) is 12.6 Å². The first-order valence-corrected chi connectivity index (χ1v) is 3.50. The van der Waals surface area contributed by atoms with Crippen molar-refractivity contribution in [1.29, 1.82) is 0 Å². The van der Waals surface area contributed by atoms with Crippen LogP contribution in [-0.2, 0) is 9.59 Å². The van der Waals surface area contributed by atoms with Crippen molar-refractivity contribution < 1.29 is 19.8 Å². The van der Waals surface area contributed by atoms with Gasteiger partial charge < -0.3 is 10.2 Å². The zero-order valence-electron chi connectivity index (χ0n) is 5.65. The third-order valence-electron chi connectivity index (χ3n) is 1.01. The molecule has 0 spiro atoms. The Hall–Kier alpha value is -0.750. The van der Waals surface area contributed by atoms with Gasteiger partial charge in [0.05, 0.1) is 6.42 Å². The van der Waals surface area contributed by atoms with Gasteiger partial charge in [0, 0.05) is 5.88 Å². The highest BCUT2D eigenvalue weighted by atomic mass is 32.1. The van der Waals surface area contributed by atoms with Crippen LogP contribution in [0.1, 0.15) is 6.42 Å². The van der Waals surface area contributed by atoms with Crippen molar-refractivity contribution in [3.05, 3.63) is 0 Å². The molecule has 0 aliphatic carbocycles. The quantitative estimate of drug-likeness (QED) is 0.334. The molecular formula is C5H9NO4S. The first-order valence-electron chi connectivity index (χ1n) is 2.86. The van der Waals surface area contributed by atoms with Crippen molar-refractivity contribution in [3.8, 4) is 0 Å². The molecule has 0 fully saturated rings. The molecule has 0 saturated carbocycles. The Kier molecular flexibility index (Phi) is 4.64. The van der Waals surface area contributed by atoms with Crippen molar-refractivity contribution in [1.82, 2.24) is 5.32 Å². The molecular weight excluding hydrogens is 170 g/mol. The maximum absolute atomic E-state index is 10.3. The van der Waals surface area contributed by atoms with Crippen LogP contribution < -0.4 is 5.32 Å². The van der Waals surface area contributed by atoms with Crippen molar-refractivity contribution >= 4 is 24.6 Å². The van der Waals surface area contributed by atoms with E-state index in [0.717, 1.165) is 0 Å². The second-order valence-corrected chi connectivity index (χ2v) is 2.17. The van der Waals surface area contributed by atoms with Crippen LogP contribution in [0.4, 0.5) is 0 Å². The van der Waals surface area contributed by atoms with E-state index in [9.17, 15) is 9.59 Å². The Bertz CT molecular complexity index is 161. The number of thiol groups is 1. The van der Waals surface area contributed by atoms with Crippen LogP contribution >= 0.6 is 12.6 Å². The molecule has 0 aromatic carbocycles. The number of carboxylic acids is 2. The van der Waals surface area contributed by atoms with Gasteiger partial charge >= 0.3 is 11.9 Å². The van der Waals surface area contributed by atoms with Crippen LogP contribution in [0.2, 0.25) is 0 Å². The normalized spacial score (nSPS) is 12.5. The van der Waals surface area contributed by atoms with E-state index in [2.05, 4.69) is 17.9 Å². The summed E-state index contributed by atoms with van der Waals surface area (Å²) in [5.41, 5.74) is 0. The van der Waals surface area contributed by atoms with Gasteiger partial charge in [0.1, 0.15) is 6.04 Å². The molecule has 0 aromatic rings. The Labute approximate surface area is 68.8 Å². The summed E-state index contributed by atoms with van der Waals surface area (Å²) in [6.07, 6.45) is -0.435. The highest BCUT2D eigenvalue weighted by Gasteiger charge is 2.18. The van der Waals surface area contributed by atoms with Gasteiger partial charge in [-0.15, -0.1) is 0 Å². The van der Waals surface area contributed by atoms with Crippen LogP contribution in [0.3, 0.4) is 0 Å². The number of hydrogen-bond donors (Lipinski definition) is 4. The summed E-state index contributed by atoms with van der Waals surface area (Å²) in [7, 11) is 0. The summed E-state index contributed by atoms with van der Waals surface area (Å²) < 4.78 is 0. The molecule has 0 bridgehead atoms. The lowest BCUT2D eigenvalue weighted by Crippen LogP contribution is -2.37. The largest absolute Gasteiger partial charge is 0.481 e. The number of carboxylic acid groups (broad SMARTS) is 2. The fourth-order valence-corrected chi connectivity index (χ4v) is 0.752. The Balaban J connectivity index is 3.89. The topological polar surface area (TPSA) is 86.6 Å². The first-order chi connectivity index (χ1) is 5.07. The minimum Gasteiger partial charge on any atom is -0.481 e. The molecule has 5 nitrogen and oxygen atoms in total. The molecule has 0 amide bonds. The van der Waals surface area contributed by atoms with E-state index in [1.165, 1.54) is 0 Å². The van der Waals surface area contributed by atoms with Gasteiger partial charge in [-0.3, -0.25) is 14.9 Å². The second kappa shape index (κ2) is 4.97. The molecule has 0 radical (unpaired) electrons. The van der Waals surface area contributed by atoms with Crippen LogP contribution in [0.5, 0.6) is 0 Å². The van der Waals surface area contributed by atoms with E-state index in [1.54, 1.807) is 0 Å². The Morgan fingerprint density at radius 3 is 2.27 bits per heavy atom. The first kappa shape index (κ1) is 10.2. The van der Waals surface area contributed by atoms with Crippen LogP contribution in [0.15, 0.2) is 0 Å². The third kappa shape index (κ3) is 4.63. The minimum atomic E-state index is -1.18. The molecule has 0 aromatic heterocycles. The number of nitrogens with one attached hydrogen (secondary N) is 1. The molecule has 64 valence electrons. The molecule has 0 aliphatic heterocycles. The van der Waals surface area contributed by atoms with Crippen molar-refractivity contribution in [2.24, 2.45) is 0 Å². The molecule has 1 atom stereocenters. The van der Waals surface area contributed by atoms with Gasteiger partial charge in [-0.1, -0.05) is 0 Å². The van der Waals surface area contributed by atoms with Gasteiger partial charge in [-0.05, 0) is 0 Å². The third-order valence-corrected chi connectivity index (χ3v) is 1.20. The van der Waals surface area contributed by atoms with Crippen LogP contribution in [-0.4, -0.2) is 34.1 Å². The summed E-state index contributed by atoms with van der Waals surface area (Å²) in [5.74, 6) is -2.18. The number of aliphatic carboxylic acids is 2. The average molecular weight is 179 g/mol. The van der Waals surface area contributed by atoms with Gasteiger partial charge in [0.25, 0.3) is 0 Å². The van der Waals surface area contributed by atoms with E-state index in [0.29, 0.717) is 0 Å². The van der Waals surface area contributed by atoms with E-state index in [1.807, 2.05) is 0 Å². The standard InChI is InChI=1S/C5H9NO4S/c7-4(8)1-3(5(9)10)6-2-11/h3,6,11H,1-2H2,(H,7,8)(H,9,10). The number of rotatable bonds is 5. The molecule has 0 rings (SSSR count). The second-order valence-electron chi connectivity index (χ2n) is 1.85. The molecule has 1 unspecified atom stereocenters. The van der Waals surface area contributed by atoms with Crippen LogP contribution in [0, 0.1) is 0 Å². The SMILES string of the molecule is O=C(O)CC(NCS)C(=O)O. The number of hydrogen-bond acceptors (Lipinski definition) is 4. The fraction of sp³-hybridized carbons (Fsp3) is 0.600. The summed E-state index contributed by atoms with van der Waals surface area (Å²) in [5, 5.41) is 19.0. The zero-order chi connectivity index (χ0) is 8.85. The Morgan fingerprint density at radius 1 is 1.45 bits per heavy atom.